The molecule has 1 aromatic rings. The minimum atomic E-state index is -3.22. The Morgan fingerprint density at radius 2 is 1.85 bits per heavy atom. The number of rotatable bonds is 5. The monoisotopic (exact) mass is 290 g/mol. The van der Waals surface area contributed by atoms with E-state index in [0.717, 1.165) is 6.07 Å². The molecule has 0 heterocycles. The first kappa shape index (κ1) is 16.3. The Balaban J connectivity index is 3.50. The van der Waals surface area contributed by atoms with Gasteiger partial charge >= 0.3 is 5.97 Å². The number of carboxylic acid groups (broad SMARTS) is 1. The normalized spacial score (nSPS) is 12.3. The minimum Gasteiger partial charge on any atom is -0.493 e. The molecule has 0 unspecified atom stereocenters. The zero-order valence-corrected chi connectivity index (χ0v) is 11.8. The van der Waals surface area contributed by atoms with Crippen molar-refractivity contribution in [2.45, 2.75) is 38.5 Å². The lowest BCUT2D eigenvalue weighted by atomic mass is 9.80. The predicted octanol–water partition coefficient (Wildman–Crippen LogP) is 3.70. The lowest BCUT2D eigenvalue weighted by Gasteiger charge is -2.27. The molecule has 112 valence electrons. The number of ether oxygens (including phenoxy) is 1. The zero-order valence-electron chi connectivity index (χ0n) is 11.8. The van der Waals surface area contributed by atoms with Crippen molar-refractivity contribution in [2.24, 2.45) is 0 Å². The van der Waals surface area contributed by atoms with Gasteiger partial charge < -0.3 is 9.84 Å². The van der Waals surface area contributed by atoms with E-state index in [2.05, 4.69) is 0 Å². The van der Waals surface area contributed by atoms with Crippen molar-refractivity contribution in [3.8, 4) is 5.75 Å². The van der Waals surface area contributed by atoms with E-state index in [1.165, 1.54) is 21.0 Å². The molecule has 20 heavy (non-hydrogen) atoms. The second kappa shape index (κ2) is 5.34. The van der Waals surface area contributed by atoms with Crippen LogP contribution >= 0.6 is 0 Å². The van der Waals surface area contributed by atoms with Gasteiger partial charge in [0.15, 0.2) is 11.6 Å². The molecule has 0 aliphatic heterocycles. The summed E-state index contributed by atoms with van der Waals surface area (Å²) >= 11 is 0. The van der Waals surface area contributed by atoms with Gasteiger partial charge in [-0.3, -0.25) is 4.79 Å². The molecule has 0 radical (unpaired) electrons. The van der Waals surface area contributed by atoms with E-state index in [9.17, 15) is 18.0 Å². The molecule has 0 amide bonds. The van der Waals surface area contributed by atoms with Crippen LogP contribution in [-0.2, 0) is 16.1 Å². The predicted molar refractivity (Wildman–Crippen MR) is 67.8 cm³/mol. The van der Waals surface area contributed by atoms with E-state index in [1.807, 2.05) is 0 Å². The molecule has 6 heteroatoms. The molecule has 1 N–H and O–H groups in total. The quantitative estimate of drug-likeness (QED) is 0.899. The maximum atomic E-state index is 13.9. The van der Waals surface area contributed by atoms with Gasteiger partial charge in [0.1, 0.15) is 0 Å². The molecule has 0 aliphatic rings. The van der Waals surface area contributed by atoms with Crippen molar-refractivity contribution in [1.29, 1.82) is 0 Å². The van der Waals surface area contributed by atoms with Gasteiger partial charge in [-0.25, -0.2) is 13.2 Å². The SMILES string of the molecule is COc1c(F)cc(C(C)(F)F)cc1C(C)(C)CC(=O)O. The Morgan fingerprint density at radius 1 is 1.30 bits per heavy atom. The van der Waals surface area contributed by atoms with Gasteiger partial charge in [-0.15, -0.1) is 0 Å². The Morgan fingerprint density at radius 3 is 2.25 bits per heavy atom. The molecule has 0 aromatic heterocycles. The molecule has 1 rings (SSSR count). The lowest BCUT2D eigenvalue weighted by Crippen LogP contribution is -2.24. The summed E-state index contributed by atoms with van der Waals surface area (Å²) in [6.07, 6.45) is -0.332. The van der Waals surface area contributed by atoms with Gasteiger partial charge in [0.2, 0.25) is 0 Å². The molecule has 0 aliphatic carbocycles. The number of methoxy groups -OCH3 is 1. The minimum absolute atomic E-state index is 0.110. The van der Waals surface area contributed by atoms with E-state index in [-0.39, 0.29) is 17.7 Å². The average molecular weight is 290 g/mol. The maximum absolute atomic E-state index is 13.9. The Kier molecular flexibility index (Phi) is 4.36. The van der Waals surface area contributed by atoms with E-state index >= 15 is 0 Å². The largest absolute Gasteiger partial charge is 0.493 e. The van der Waals surface area contributed by atoms with Crippen LogP contribution in [0.25, 0.3) is 0 Å². The second-order valence-electron chi connectivity index (χ2n) is 5.38. The number of carboxylic acids is 1. The van der Waals surface area contributed by atoms with E-state index in [0.29, 0.717) is 13.0 Å². The summed E-state index contributed by atoms with van der Waals surface area (Å²) in [5, 5.41) is 8.89. The topological polar surface area (TPSA) is 46.5 Å². The molecule has 0 atom stereocenters. The fourth-order valence-electron chi connectivity index (χ4n) is 2.03. The average Bonchev–Trinajstić information content (AvgIpc) is 2.24. The van der Waals surface area contributed by atoms with E-state index in [4.69, 9.17) is 9.84 Å². The Hall–Kier alpha value is -1.72. The maximum Gasteiger partial charge on any atom is 0.304 e. The third-order valence-corrected chi connectivity index (χ3v) is 3.08. The molecule has 0 bridgehead atoms. The van der Waals surface area contributed by atoms with Crippen LogP contribution < -0.4 is 4.74 Å². The summed E-state index contributed by atoms with van der Waals surface area (Å²) in [7, 11) is 1.21. The smallest absolute Gasteiger partial charge is 0.304 e. The fourth-order valence-corrected chi connectivity index (χ4v) is 2.03. The van der Waals surface area contributed by atoms with E-state index < -0.39 is 28.7 Å². The van der Waals surface area contributed by atoms with Crippen LogP contribution in [0.1, 0.15) is 38.3 Å². The molecule has 3 nitrogen and oxygen atoms in total. The summed E-state index contributed by atoms with van der Waals surface area (Å²) in [4.78, 5) is 10.9. The van der Waals surface area contributed by atoms with Crippen LogP contribution in [0.15, 0.2) is 12.1 Å². The third kappa shape index (κ3) is 3.43. The highest BCUT2D eigenvalue weighted by atomic mass is 19.3. The Bertz CT molecular complexity index is 519. The fraction of sp³-hybridized carbons (Fsp3) is 0.500. The summed E-state index contributed by atoms with van der Waals surface area (Å²) < 4.78 is 45.6. The first-order valence-electron chi connectivity index (χ1n) is 5.97. The standard InChI is InChI=1S/C14H17F3O3/c1-13(2,7-11(18)19)9-5-8(14(3,16)17)6-10(15)12(9)20-4/h5-6H,7H2,1-4H3,(H,18,19). The molecule has 0 fully saturated rings. The summed E-state index contributed by atoms with van der Waals surface area (Å²) in [6.45, 7) is 3.73. The molecular weight excluding hydrogens is 273 g/mol. The highest BCUT2D eigenvalue weighted by molar-refractivity contribution is 5.69. The molecule has 0 saturated carbocycles. The number of carbonyl (C=O) groups is 1. The van der Waals surface area contributed by atoms with Crippen LogP contribution in [0.4, 0.5) is 13.2 Å². The van der Waals surface area contributed by atoms with Crippen molar-refractivity contribution < 1.29 is 27.8 Å². The van der Waals surface area contributed by atoms with Gasteiger partial charge in [-0.1, -0.05) is 13.8 Å². The zero-order chi connectivity index (χ0) is 15.7. The number of hydrogen-bond acceptors (Lipinski definition) is 2. The summed E-state index contributed by atoms with van der Waals surface area (Å²) in [5.41, 5.74) is -1.44. The van der Waals surface area contributed by atoms with Crippen LogP contribution in [-0.4, -0.2) is 18.2 Å². The molecule has 1 aromatic carbocycles. The number of aliphatic carboxylic acids is 1. The van der Waals surface area contributed by atoms with Crippen molar-refractivity contribution in [1.82, 2.24) is 0 Å². The lowest BCUT2D eigenvalue weighted by molar-refractivity contribution is -0.138. The number of benzene rings is 1. The Labute approximate surface area is 115 Å². The van der Waals surface area contributed by atoms with Gasteiger partial charge in [0, 0.05) is 23.5 Å². The van der Waals surface area contributed by atoms with Gasteiger partial charge in [-0.05, 0) is 12.1 Å². The highest BCUT2D eigenvalue weighted by Crippen LogP contribution is 2.40. The van der Waals surface area contributed by atoms with Gasteiger partial charge in [-0.2, -0.15) is 0 Å². The first-order valence-corrected chi connectivity index (χ1v) is 5.97. The highest BCUT2D eigenvalue weighted by Gasteiger charge is 2.33. The van der Waals surface area contributed by atoms with Crippen molar-refractivity contribution >= 4 is 5.97 Å². The number of halogens is 3. The van der Waals surface area contributed by atoms with Crippen LogP contribution in [0.3, 0.4) is 0 Å². The van der Waals surface area contributed by atoms with Crippen molar-refractivity contribution in [2.75, 3.05) is 7.11 Å². The van der Waals surface area contributed by atoms with Gasteiger partial charge in [0.05, 0.1) is 13.5 Å². The second-order valence-corrected chi connectivity index (χ2v) is 5.38. The third-order valence-electron chi connectivity index (χ3n) is 3.08. The number of hydrogen-bond donors (Lipinski definition) is 1. The van der Waals surface area contributed by atoms with Crippen LogP contribution in [0.5, 0.6) is 5.75 Å². The van der Waals surface area contributed by atoms with E-state index in [1.54, 1.807) is 0 Å². The van der Waals surface area contributed by atoms with Crippen molar-refractivity contribution in [3.63, 3.8) is 0 Å². The van der Waals surface area contributed by atoms with Gasteiger partial charge in [0.25, 0.3) is 5.92 Å². The van der Waals surface area contributed by atoms with Crippen molar-refractivity contribution in [3.05, 3.63) is 29.1 Å². The number of alkyl halides is 2. The summed E-state index contributed by atoms with van der Waals surface area (Å²) in [6, 6.07) is 1.81. The summed E-state index contributed by atoms with van der Waals surface area (Å²) in [5.74, 6) is -5.46. The molecule has 0 spiro atoms. The molecular formula is C14H17F3O3. The van der Waals surface area contributed by atoms with Crippen LogP contribution in [0, 0.1) is 5.82 Å². The molecule has 0 saturated heterocycles. The first-order chi connectivity index (χ1) is 8.99. The van der Waals surface area contributed by atoms with Crippen LogP contribution in [0.2, 0.25) is 0 Å².